The molecule has 1 fully saturated rings. The fourth-order valence-electron chi connectivity index (χ4n) is 2.18. The van der Waals surface area contributed by atoms with Crippen LogP contribution in [0, 0.1) is 18.3 Å². The molecule has 1 aliphatic carbocycles. The molecular weight excluding hydrogens is 202 g/mol. The average Bonchev–Trinajstić information content (AvgIpc) is 2.30. The molecule has 90 valence electrons. The van der Waals surface area contributed by atoms with Crippen LogP contribution in [0.2, 0.25) is 0 Å². The highest BCUT2D eigenvalue weighted by Gasteiger charge is 2.34. The van der Waals surface area contributed by atoms with Crippen molar-refractivity contribution in [1.82, 2.24) is 5.32 Å². The molecule has 0 aromatic carbocycles. The summed E-state index contributed by atoms with van der Waals surface area (Å²) in [5, 5.41) is 12.4. The number of carbonyl (C=O) groups is 1. The molecule has 1 amide bonds. The Labute approximate surface area is 97.6 Å². The molecule has 0 heterocycles. The lowest BCUT2D eigenvalue weighted by Gasteiger charge is -2.38. The summed E-state index contributed by atoms with van der Waals surface area (Å²) in [6.45, 7) is 2.24. The third-order valence-corrected chi connectivity index (χ3v) is 3.44. The minimum Gasteiger partial charge on any atom is -0.394 e. The highest BCUT2D eigenvalue weighted by Crippen LogP contribution is 2.31. The van der Waals surface area contributed by atoms with Crippen LogP contribution in [-0.2, 0) is 4.79 Å². The second kappa shape index (κ2) is 5.91. The van der Waals surface area contributed by atoms with Crippen LogP contribution in [0.1, 0.15) is 45.4 Å². The first-order valence-corrected chi connectivity index (χ1v) is 5.97. The van der Waals surface area contributed by atoms with Crippen molar-refractivity contribution in [3.05, 3.63) is 0 Å². The first-order valence-electron chi connectivity index (χ1n) is 5.97. The molecule has 0 atom stereocenters. The van der Waals surface area contributed by atoms with Gasteiger partial charge in [-0.1, -0.05) is 6.92 Å². The summed E-state index contributed by atoms with van der Waals surface area (Å²) in [4.78, 5) is 11.6. The van der Waals surface area contributed by atoms with Crippen LogP contribution in [0.4, 0.5) is 0 Å². The average molecular weight is 223 g/mol. The topological polar surface area (TPSA) is 49.3 Å². The third-order valence-electron chi connectivity index (χ3n) is 3.44. The van der Waals surface area contributed by atoms with Crippen LogP contribution in [0.15, 0.2) is 0 Å². The highest BCUT2D eigenvalue weighted by atomic mass is 16.3. The predicted molar refractivity (Wildman–Crippen MR) is 63.7 cm³/mol. The molecule has 0 radical (unpaired) electrons. The maximum atomic E-state index is 11.6. The molecule has 0 aliphatic heterocycles. The van der Waals surface area contributed by atoms with Crippen molar-refractivity contribution in [2.45, 2.75) is 51.0 Å². The molecule has 0 aromatic heterocycles. The number of terminal acetylenes is 1. The number of amides is 1. The number of aliphatic hydroxyl groups is 1. The molecule has 0 bridgehead atoms. The molecular formula is C13H21NO2. The van der Waals surface area contributed by atoms with Crippen LogP contribution in [0.25, 0.3) is 0 Å². The maximum absolute atomic E-state index is 11.6. The van der Waals surface area contributed by atoms with Crippen molar-refractivity contribution < 1.29 is 9.90 Å². The lowest BCUT2D eigenvalue weighted by atomic mass is 9.77. The normalized spacial score (nSPS) is 29.4. The molecule has 16 heavy (non-hydrogen) atoms. The molecule has 0 aromatic rings. The minimum atomic E-state index is -0.391. The summed E-state index contributed by atoms with van der Waals surface area (Å²) < 4.78 is 0. The molecule has 0 saturated heterocycles. The number of rotatable bonds is 4. The number of carbonyl (C=O) groups excluding carboxylic acids is 1. The van der Waals surface area contributed by atoms with E-state index in [2.05, 4.69) is 18.2 Å². The smallest absolute Gasteiger partial charge is 0.221 e. The Bertz CT molecular complexity index is 272. The molecule has 3 nitrogen and oxygen atoms in total. The van der Waals surface area contributed by atoms with E-state index in [-0.39, 0.29) is 12.5 Å². The summed E-state index contributed by atoms with van der Waals surface area (Å²) in [6.07, 6.45) is 9.80. The van der Waals surface area contributed by atoms with E-state index < -0.39 is 5.54 Å². The summed E-state index contributed by atoms with van der Waals surface area (Å²) in [5.41, 5.74) is -0.391. The largest absolute Gasteiger partial charge is 0.394 e. The lowest BCUT2D eigenvalue weighted by Crippen LogP contribution is -2.53. The van der Waals surface area contributed by atoms with Gasteiger partial charge in [0.05, 0.1) is 12.1 Å². The van der Waals surface area contributed by atoms with Gasteiger partial charge in [0.25, 0.3) is 0 Å². The predicted octanol–water partition coefficient (Wildman–Crippen LogP) is 1.46. The molecule has 2 N–H and O–H groups in total. The van der Waals surface area contributed by atoms with Crippen molar-refractivity contribution in [3.8, 4) is 12.3 Å². The Kier molecular flexibility index (Phi) is 4.82. The van der Waals surface area contributed by atoms with E-state index in [1.807, 2.05) is 0 Å². The van der Waals surface area contributed by atoms with Gasteiger partial charge in [0.2, 0.25) is 5.91 Å². The van der Waals surface area contributed by atoms with Crippen molar-refractivity contribution in [3.63, 3.8) is 0 Å². The van der Waals surface area contributed by atoms with E-state index in [4.69, 9.17) is 6.42 Å². The van der Waals surface area contributed by atoms with Crippen molar-refractivity contribution in [2.75, 3.05) is 6.61 Å². The van der Waals surface area contributed by atoms with E-state index in [0.717, 1.165) is 25.7 Å². The maximum Gasteiger partial charge on any atom is 0.221 e. The monoisotopic (exact) mass is 223 g/mol. The standard InChI is InChI=1S/C13H21NO2/c1-3-4-5-12(16)14-13(10-15)8-6-11(2)7-9-13/h1,11,15H,4-10H2,2H3,(H,14,16). The minimum absolute atomic E-state index is 0.0293. The number of hydrogen-bond donors (Lipinski definition) is 2. The molecule has 1 aliphatic rings. The Morgan fingerprint density at radius 3 is 2.69 bits per heavy atom. The van der Waals surface area contributed by atoms with Gasteiger partial charge in [-0.3, -0.25) is 4.79 Å². The first kappa shape index (κ1) is 13.1. The number of nitrogens with one attached hydrogen (secondary N) is 1. The SMILES string of the molecule is C#CCCC(=O)NC1(CO)CCC(C)CC1. The Balaban J connectivity index is 2.48. The van der Waals surface area contributed by atoms with Gasteiger partial charge in [-0.2, -0.15) is 0 Å². The lowest BCUT2D eigenvalue weighted by molar-refractivity contribution is -0.124. The van der Waals surface area contributed by atoms with Gasteiger partial charge in [0.1, 0.15) is 0 Å². The fourth-order valence-corrected chi connectivity index (χ4v) is 2.18. The zero-order chi connectivity index (χ0) is 12.0. The molecule has 0 unspecified atom stereocenters. The molecule has 1 saturated carbocycles. The Morgan fingerprint density at radius 1 is 1.56 bits per heavy atom. The zero-order valence-corrected chi connectivity index (χ0v) is 9.96. The Morgan fingerprint density at radius 2 is 2.19 bits per heavy atom. The summed E-state index contributed by atoms with van der Waals surface area (Å²) in [7, 11) is 0. The van der Waals surface area contributed by atoms with Gasteiger partial charge in [0.15, 0.2) is 0 Å². The van der Waals surface area contributed by atoms with Gasteiger partial charge in [-0.05, 0) is 31.6 Å². The molecule has 0 spiro atoms. The Hall–Kier alpha value is -1.01. The number of aliphatic hydroxyl groups excluding tert-OH is 1. The summed E-state index contributed by atoms with van der Waals surface area (Å²) >= 11 is 0. The second-order valence-corrected chi connectivity index (χ2v) is 4.87. The van der Waals surface area contributed by atoms with E-state index in [9.17, 15) is 9.90 Å². The van der Waals surface area contributed by atoms with Gasteiger partial charge in [-0.25, -0.2) is 0 Å². The summed E-state index contributed by atoms with van der Waals surface area (Å²) in [5.74, 6) is 3.11. The van der Waals surface area contributed by atoms with E-state index in [1.54, 1.807) is 0 Å². The van der Waals surface area contributed by atoms with Crippen LogP contribution in [0.3, 0.4) is 0 Å². The second-order valence-electron chi connectivity index (χ2n) is 4.87. The van der Waals surface area contributed by atoms with Crippen LogP contribution >= 0.6 is 0 Å². The van der Waals surface area contributed by atoms with Crippen LogP contribution in [-0.4, -0.2) is 23.2 Å². The zero-order valence-electron chi connectivity index (χ0n) is 9.96. The van der Waals surface area contributed by atoms with E-state index >= 15 is 0 Å². The van der Waals surface area contributed by atoms with Crippen molar-refractivity contribution in [1.29, 1.82) is 0 Å². The first-order chi connectivity index (χ1) is 7.62. The molecule has 1 rings (SSSR count). The van der Waals surface area contributed by atoms with Gasteiger partial charge >= 0.3 is 0 Å². The van der Waals surface area contributed by atoms with E-state index in [1.165, 1.54) is 0 Å². The quantitative estimate of drug-likeness (QED) is 0.709. The van der Waals surface area contributed by atoms with Gasteiger partial charge < -0.3 is 10.4 Å². The van der Waals surface area contributed by atoms with Crippen molar-refractivity contribution >= 4 is 5.91 Å². The fraction of sp³-hybridized carbons (Fsp3) is 0.769. The van der Waals surface area contributed by atoms with Gasteiger partial charge in [0, 0.05) is 12.8 Å². The molecule has 3 heteroatoms. The number of hydrogen-bond acceptors (Lipinski definition) is 2. The highest BCUT2D eigenvalue weighted by molar-refractivity contribution is 5.77. The van der Waals surface area contributed by atoms with Gasteiger partial charge in [-0.15, -0.1) is 12.3 Å². The van der Waals surface area contributed by atoms with Crippen LogP contribution < -0.4 is 5.32 Å². The summed E-state index contributed by atoms with van der Waals surface area (Å²) in [6, 6.07) is 0. The van der Waals surface area contributed by atoms with Crippen LogP contribution in [0.5, 0.6) is 0 Å². The van der Waals surface area contributed by atoms with E-state index in [0.29, 0.717) is 18.8 Å². The van der Waals surface area contributed by atoms with Crippen molar-refractivity contribution in [2.24, 2.45) is 5.92 Å². The third kappa shape index (κ3) is 3.53.